The second-order valence-corrected chi connectivity index (χ2v) is 5.55. The number of rotatable bonds is 7. The van der Waals surface area contributed by atoms with Crippen LogP contribution >= 0.6 is 0 Å². The van der Waals surface area contributed by atoms with Crippen molar-refractivity contribution in [2.75, 3.05) is 20.8 Å². The summed E-state index contributed by atoms with van der Waals surface area (Å²) in [7, 11) is 3.06. The van der Waals surface area contributed by atoms with Gasteiger partial charge in [0.25, 0.3) is 5.91 Å². The van der Waals surface area contributed by atoms with Gasteiger partial charge in [0.15, 0.2) is 23.0 Å². The van der Waals surface area contributed by atoms with Crippen LogP contribution in [-0.2, 0) is 9.59 Å². The molecule has 0 aromatic heterocycles. The van der Waals surface area contributed by atoms with Crippen LogP contribution in [0.4, 0.5) is 0 Å². The molecule has 0 saturated carbocycles. The molecule has 0 radical (unpaired) electrons. The normalized spacial score (nSPS) is 17.4. The van der Waals surface area contributed by atoms with E-state index in [9.17, 15) is 14.7 Å². The Bertz CT molecular complexity index is 680. The summed E-state index contributed by atoms with van der Waals surface area (Å²) in [5.41, 5.74) is 0.860. The van der Waals surface area contributed by atoms with Gasteiger partial charge in [0.1, 0.15) is 0 Å². The number of carbonyl (C=O) groups excluding carboxylic acids is 2. The third-order valence-corrected chi connectivity index (χ3v) is 4.11. The van der Waals surface area contributed by atoms with Crippen LogP contribution in [0.25, 0.3) is 0 Å². The predicted molar refractivity (Wildman–Crippen MR) is 89.2 cm³/mol. The van der Waals surface area contributed by atoms with Gasteiger partial charge in [-0.2, -0.15) is 0 Å². The fourth-order valence-corrected chi connectivity index (χ4v) is 2.97. The maximum Gasteiger partial charge on any atom is 0.290 e. The maximum atomic E-state index is 12.4. The number of carbonyl (C=O) groups is 2. The van der Waals surface area contributed by atoms with Gasteiger partial charge in [0, 0.05) is 13.0 Å². The lowest BCUT2D eigenvalue weighted by molar-refractivity contribution is -0.129. The molecule has 0 spiro atoms. The maximum absolute atomic E-state index is 12.4. The summed E-state index contributed by atoms with van der Waals surface area (Å²) in [6.45, 7) is 4.10. The fourth-order valence-electron chi connectivity index (χ4n) is 2.97. The SMILES string of the molecule is CCCN1C(=O)C(O)=C(C(=O)CC)C1c1ccc(OC)c(OC)c1. The van der Waals surface area contributed by atoms with Gasteiger partial charge in [-0.15, -0.1) is 0 Å². The molecule has 1 unspecified atom stereocenters. The zero-order chi connectivity index (χ0) is 17.9. The van der Waals surface area contributed by atoms with Crippen molar-refractivity contribution in [1.82, 2.24) is 4.90 Å². The molecule has 1 aromatic carbocycles. The second-order valence-electron chi connectivity index (χ2n) is 5.55. The quantitative estimate of drug-likeness (QED) is 0.830. The van der Waals surface area contributed by atoms with Crippen molar-refractivity contribution in [2.24, 2.45) is 0 Å². The van der Waals surface area contributed by atoms with Gasteiger partial charge in [-0.05, 0) is 24.1 Å². The van der Waals surface area contributed by atoms with Crippen LogP contribution < -0.4 is 9.47 Å². The number of Topliss-reactive ketones (excluding diaryl/α,β-unsaturated/α-hetero) is 1. The first-order valence-electron chi connectivity index (χ1n) is 7.99. The third kappa shape index (κ3) is 2.96. The number of methoxy groups -OCH3 is 2. The number of benzene rings is 1. The second kappa shape index (κ2) is 7.38. The third-order valence-electron chi connectivity index (χ3n) is 4.11. The molecule has 1 N–H and O–H groups in total. The Balaban J connectivity index is 2.57. The van der Waals surface area contributed by atoms with Gasteiger partial charge < -0.3 is 19.5 Å². The lowest BCUT2D eigenvalue weighted by atomic mass is 9.94. The zero-order valence-electron chi connectivity index (χ0n) is 14.5. The lowest BCUT2D eigenvalue weighted by Gasteiger charge is -2.26. The van der Waals surface area contributed by atoms with E-state index < -0.39 is 17.7 Å². The molecule has 1 amide bonds. The molecule has 6 heteroatoms. The molecule has 24 heavy (non-hydrogen) atoms. The van der Waals surface area contributed by atoms with Crippen molar-refractivity contribution in [3.63, 3.8) is 0 Å². The van der Waals surface area contributed by atoms with Gasteiger partial charge in [0.05, 0.1) is 25.8 Å². The summed E-state index contributed by atoms with van der Waals surface area (Å²) < 4.78 is 10.5. The number of ether oxygens (including phenoxy) is 2. The van der Waals surface area contributed by atoms with E-state index in [4.69, 9.17) is 9.47 Å². The van der Waals surface area contributed by atoms with Crippen LogP contribution in [0.1, 0.15) is 38.3 Å². The highest BCUT2D eigenvalue weighted by atomic mass is 16.5. The Morgan fingerprint density at radius 3 is 2.42 bits per heavy atom. The summed E-state index contributed by atoms with van der Waals surface area (Å²) in [6, 6.07) is 4.64. The molecule has 1 aromatic rings. The zero-order valence-corrected chi connectivity index (χ0v) is 14.5. The summed E-state index contributed by atoms with van der Waals surface area (Å²) in [4.78, 5) is 26.3. The van der Waals surface area contributed by atoms with Crippen LogP contribution in [0.15, 0.2) is 29.5 Å². The summed E-state index contributed by atoms with van der Waals surface area (Å²) in [5.74, 6) is -0.125. The van der Waals surface area contributed by atoms with Crippen molar-refractivity contribution in [2.45, 2.75) is 32.7 Å². The monoisotopic (exact) mass is 333 g/mol. The molecular formula is C18H23NO5. The van der Waals surface area contributed by atoms with E-state index in [-0.39, 0.29) is 17.8 Å². The highest BCUT2D eigenvalue weighted by Crippen LogP contribution is 2.41. The van der Waals surface area contributed by atoms with E-state index in [0.29, 0.717) is 23.6 Å². The van der Waals surface area contributed by atoms with E-state index in [1.165, 1.54) is 19.1 Å². The van der Waals surface area contributed by atoms with E-state index >= 15 is 0 Å². The van der Waals surface area contributed by atoms with Crippen LogP contribution in [0, 0.1) is 0 Å². The molecule has 2 rings (SSSR count). The molecular weight excluding hydrogens is 310 g/mol. The molecule has 1 aliphatic rings. The molecule has 0 fully saturated rings. The summed E-state index contributed by atoms with van der Waals surface area (Å²) in [6.07, 6.45) is 0.937. The number of amides is 1. The van der Waals surface area contributed by atoms with Crippen molar-refractivity contribution in [3.05, 3.63) is 35.1 Å². The first-order valence-corrected chi connectivity index (χ1v) is 7.99. The standard InChI is InChI=1S/C18H23NO5/c1-5-9-19-16(15(12(20)6-2)17(21)18(19)22)11-7-8-13(23-3)14(10-11)24-4/h7-8,10,16,21H,5-6,9H2,1-4H3. The molecule has 130 valence electrons. The highest BCUT2D eigenvalue weighted by molar-refractivity contribution is 6.08. The van der Waals surface area contributed by atoms with Gasteiger partial charge >= 0.3 is 0 Å². The van der Waals surface area contributed by atoms with Crippen molar-refractivity contribution >= 4 is 11.7 Å². The van der Waals surface area contributed by atoms with Crippen molar-refractivity contribution in [1.29, 1.82) is 0 Å². The molecule has 1 heterocycles. The Hall–Kier alpha value is -2.50. The van der Waals surface area contributed by atoms with Crippen LogP contribution in [0.2, 0.25) is 0 Å². The topological polar surface area (TPSA) is 76.1 Å². The lowest BCUT2D eigenvalue weighted by Crippen LogP contribution is -2.31. The average molecular weight is 333 g/mol. The molecule has 0 saturated heterocycles. The Morgan fingerprint density at radius 1 is 1.21 bits per heavy atom. The fraction of sp³-hybridized carbons (Fsp3) is 0.444. The summed E-state index contributed by atoms with van der Waals surface area (Å²) in [5, 5.41) is 10.2. The van der Waals surface area contributed by atoms with Gasteiger partial charge in [-0.3, -0.25) is 9.59 Å². The van der Waals surface area contributed by atoms with Crippen molar-refractivity contribution in [3.8, 4) is 11.5 Å². The minimum absolute atomic E-state index is 0.156. The number of hydrogen-bond acceptors (Lipinski definition) is 5. The number of aliphatic hydroxyl groups is 1. The number of ketones is 1. The Kier molecular flexibility index (Phi) is 5.49. The van der Waals surface area contributed by atoms with Gasteiger partial charge in [-0.25, -0.2) is 0 Å². The Labute approximate surface area is 141 Å². The van der Waals surface area contributed by atoms with Gasteiger partial charge in [0.2, 0.25) is 0 Å². The van der Waals surface area contributed by atoms with Crippen molar-refractivity contribution < 1.29 is 24.2 Å². The molecule has 1 atom stereocenters. The Morgan fingerprint density at radius 2 is 1.88 bits per heavy atom. The van der Waals surface area contributed by atoms with E-state index in [1.54, 1.807) is 25.1 Å². The van der Waals surface area contributed by atoms with E-state index in [1.807, 2.05) is 6.92 Å². The van der Waals surface area contributed by atoms with Crippen LogP contribution in [0.3, 0.4) is 0 Å². The summed E-state index contributed by atoms with van der Waals surface area (Å²) >= 11 is 0. The molecule has 6 nitrogen and oxygen atoms in total. The predicted octanol–water partition coefficient (Wildman–Crippen LogP) is 2.79. The van der Waals surface area contributed by atoms with Crippen LogP contribution in [-0.4, -0.2) is 42.5 Å². The van der Waals surface area contributed by atoms with Gasteiger partial charge in [-0.1, -0.05) is 19.9 Å². The van der Waals surface area contributed by atoms with Crippen LogP contribution in [0.5, 0.6) is 11.5 Å². The first-order chi connectivity index (χ1) is 11.5. The molecule has 1 aliphatic heterocycles. The smallest absolute Gasteiger partial charge is 0.290 e. The average Bonchev–Trinajstić information content (AvgIpc) is 2.85. The molecule has 0 bridgehead atoms. The number of aliphatic hydroxyl groups excluding tert-OH is 1. The van der Waals surface area contributed by atoms with E-state index in [0.717, 1.165) is 6.42 Å². The van der Waals surface area contributed by atoms with E-state index in [2.05, 4.69) is 0 Å². The first kappa shape index (κ1) is 17.8. The largest absolute Gasteiger partial charge is 0.503 e. The minimum Gasteiger partial charge on any atom is -0.503 e. The highest BCUT2D eigenvalue weighted by Gasteiger charge is 2.42. The molecule has 0 aliphatic carbocycles. The minimum atomic E-state index is -0.607. The number of nitrogens with zero attached hydrogens (tertiary/aromatic N) is 1. The number of hydrogen-bond donors (Lipinski definition) is 1.